The van der Waals surface area contributed by atoms with Gasteiger partial charge < -0.3 is 5.32 Å². The van der Waals surface area contributed by atoms with Crippen LogP contribution < -0.4 is 10.2 Å². The molecular formula is C19H20N4O. The summed E-state index contributed by atoms with van der Waals surface area (Å²) < 4.78 is 0. The monoisotopic (exact) mass is 320 g/mol. The molecule has 2 aromatic carbocycles. The zero-order valence-electron chi connectivity index (χ0n) is 14.0. The number of rotatable bonds is 4. The highest BCUT2D eigenvalue weighted by Gasteiger charge is 2.15. The van der Waals surface area contributed by atoms with E-state index in [2.05, 4.69) is 15.3 Å². The zero-order valence-corrected chi connectivity index (χ0v) is 14.0. The van der Waals surface area contributed by atoms with Crippen molar-refractivity contribution in [1.29, 1.82) is 0 Å². The van der Waals surface area contributed by atoms with Gasteiger partial charge in [0.1, 0.15) is 5.82 Å². The summed E-state index contributed by atoms with van der Waals surface area (Å²) in [4.78, 5) is 22.9. The number of nitrogens with one attached hydrogen (secondary N) is 1. The Morgan fingerprint density at radius 1 is 1.08 bits per heavy atom. The van der Waals surface area contributed by atoms with Crippen LogP contribution in [0.3, 0.4) is 0 Å². The second kappa shape index (κ2) is 6.66. The van der Waals surface area contributed by atoms with E-state index in [0.29, 0.717) is 17.3 Å². The molecular weight excluding hydrogens is 300 g/mol. The van der Waals surface area contributed by atoms with E-state index in [1.807, 2.05) is 56.3 Å². The van der Waals surface area contributed by atoms with E-state index in [0.717, 1.165) is 10.8 Å². The molecule has 0 saturated heterocycles. The van der Waals surface area contributed by atoms with Crippen molar-refractivity contribution >= 4 is 28.4 Å². The van der Waals surface area contributed by atoms with Crippen LogP contribution in [0.5, 0.6) is 0 Å². The van der Waals surface area contributed by atoms with Gasteiger partial charge in [-0.1, -0.05) is 30.3 Å². The zero-order chi connectivity index (χ0) is 17.1. The van der Waals surface area contributed by atoms with Gasteiger partial charge in [-0.05, 0) is 42.8 Å². The molecule has 1 heterocycles. The largest absolute Gasteiger partial charge is 0.352 e. The standard InChI is InChI=1S/C19H20N4O/c1-13(2)21-19-20-11-10-17(22-19)23(3)18(24)16-9-8-14-6-4-5-7-15(14)12-16/h4-13H,1-3H3,(H,20,21,22). The van der Waals surface area contributed by atoms with Gasteiger partial charge >= 0.3 is 0 Å². The fourth-order valence-corrected chi connectivity index (χ4v) is 2.48. The first-order valence-electron chi connectivity index (χ1n) is 7.91. The molecule has 0 saturated carbocycles. The number of hydrogen-bond donors (Lipinski definition) is 1. The molecule has 3 aromatic rings. The van der Waals surface area contributed by atoms with Gasteiger partial charge in [0.05, 0.1) is 0 Å². The number of aromatic nitrogens is 2. The normalized spacial score (nSPS) is 10.8. The van der Waals surface area contributed by atoms with Gasteiger partial charge in [0.2, 0.25) is 5.95 Å². The second-order valence-electron chi connectivity index (χ2n) is 5.96. The number of anilines is 2. The van der Waals surface area contributed by atoms with Crippen LogP contribution in [0.2, 0.25) is 0 Å². The molecule has 0 atom stereocenters. The van der Waals surface area contributed by atoms with Crippen LogP contribution >= 0.6 is 0 Å². The third kappa shape index (κ3) is 3.35. The number of carbonyl (C=O) groups excluding carboxylic acids is 1. The average Bonchev–Trinajstić information content (AvgIpc) is 2.59. The van der Waals surface area contributed by atoms with Crippen molar-refractivity contribution < 1.29 is 4.79 Å². The summed E-state index contributed by atoms with van der Waals surface area (Å²) in [5.41, 5.74) is 0.633. The Kier molecular flexibility index (Phi) is 4.42. The summed E-state index contributed by atoms with van der Waals surface area (Å²) in [5, 5.41) is 5.30. The fourth-order valence-electron chi connectivity index (χ4n) is 2.48. The number of benzene rings is 2. The summed E-state index contributed by atoms with van der Waals surface area (Å²) in [6.45, 7) is 4.03. The molecule has 24 heavy (non-hydrogen) atoms. The lowest BCUT2D eigenvalue weighted by molar-refractivity contribution is 0.0992. The van der Waals surface area contributed by atoms with E-state index in [1.165, 1.54) is 4.90 Å². The van der Waals surface area contributed by atoms with Crippen LogP contribution in [0.1, 0.15) is 24.2 Å². The Morgan fingerprint density at radius 3 is 2.58 bits per heavy atom. The number of nitrogens with zero attached hydrogens (tertiary/aromatic N) is 3. The third-order valence-electron chi connectivity index (χ3n) is 3.70. The van der Waals surface area contributed by atoms with Crippen molar-refractivity contribution in [3.8, 4) is 0 Å². The first kappa shape index (κ1) is 15.9. The molecule has 1 aromatic heterocycles. The van der Waals surface area contributed by atoms with Gasteiger partial charge in [-0.3, -0.25) is 9.69 Å². The molecule has 0 fully saturated rings. The maximum atomic E-state index is 12.8. The molecule has 3 rings (SSSR count). The summed E-state index contributed by atoms with van der Waals surface area (Å²) in [6, 6.07) is 15.6. The predicted octanol–water partition coefficient (Wildman–Crippen LogP) is 3.73. The Morgan fingerprint density at radius 2 is 1.83 bits per heavy atom. The van der Waals surface area contributed by atoms with E-state index >= 15 is 0 Å². The lowest BCUT2D eigenvalue weighted by Gasteiger charge is -2.17. The molecule has 0 aliphatic heterocycles. The maximum absolute atomic E-state index is 12.8. The van der Waals surface area contributed by atoms with Crippen LogP contribution in [0.4, 0.5) is 11.8 Å². The molecule has 0 bridgehead atoms. The Balaban J connectivity index is 1.88. The first-order chi connectivity index (χ1) is 11.5. The highest BCUT2D eigenvalue weighted by atomic mass is 16.2. The van der Waals surface area contributed by atoms with Crippen molar-refractivity contribution in [3.05, 3.63) is 60.3 Å². The minimum atomic E-state index is -0.102. The van der Waals surface area contributed by atoms with Crippen LogP contribution in [-0.4, -0.2) is 29.0 Å². The number of hydrogen-bond acceptors (Lipinski definition) is 4. The lowest BCUT2D eigenvalue weighted by Crippen LogP contribution is -2.27. The second-order valence-corrected chi connectivity index (χ2v) is 5.96. The predicted molar refractivity (Wildman–Crippen MR) is 97.5 cm³/mol. The highest BCUT2D eigenvalue weighted by Crippen LogP contribution is 2.19. The van der Waals surface area contributed by atoms with Crippen molar-refractivity contribution in [2.24, 2.45) is 0 Å². The molecule has 1 N–H and O–H groups in total. The Bertz CT molecular complexity index is 876. The third-order valence-corrected chi connectivity index (χ3v) is 3.70. The Labute approximate surface area is 141 Å². The summed E-state index contributed by atoms with van der Waals surface area (Å²) >= 11 is 0. The molecule has 1 amide bonds. The van der Waals surface area contributed by atoms with Crippen molar-refractivity contribution in [2.75, 3.05) is 17.3 Å². The number of fused-ring (bicyclic) bond motifs is 1. The molecule has 0 radical (unpaired) electrons. The van der Waals surface area contributed by atoms with E-state index in [4.69, 9.17) is 0 Å². The molecule has 5 heteroatoms. The Hall–Kier alpha value is -2.95. The van der Waals surface area contributed by atoms with E-state index in [9.17, 15) is 4.79 Å². The SMILES string of the molecule is CC(C)Nc1nccc(N(C)C(=O)c2ccc3ccccc3c2)n1. The van der Waals surface area contributed by atoms with Crippen LogP contribution in [-0.2, 0) is 0 Å². The molecule has 122 valence electrons. The molecule has 5 nitrogen and oxygen atoms in total. The van der Waals surface area contributed by atoms with Crippen molar-refractivity contribution in [3.63, 3.8) is 0 Å². The van der Waals surface area contributed by atoms with Gasteiger partial charge in [0.25, 0.3) is 5.91 Å². The van der Waals surface area contributed by atoms with Gasteiger partial charge in [0.15, 0.2) is 0 Å². The van der Waals surface area contributed by atoms with Crippen LogP contribution in [0.15, 0.2) is 54.7 Å². The molecule has 0 aliphatic rings. The number of amides is 1. The van der Waals surface area contributed by atoms with Crippen LogP contribution in [0.25, 0.3) is 10.8 Å². The average molecular weight is 320 g/mol. The van der Waals surface area contributed by atoms with E-state index < -0.39 is 0 Å². The van der Waals surface area contributed by atoms with Gasteiger partial charge in [-0.25, -0.2) is 4.98 Å². The van der Waals surface area contributed by atoms with Crippen molar-refractivity contribution in [2.45, 2.75) is 19.9 Å². The van der Waals surface area contributed by atoms with Crippen LogP contribution in [0, 0.1) is 0 Å². The van der Waals surface area contributed by atoms with Gasteiger partial charge in [-0.2, -0.15) is 4.98 Å². The summed E-state index contributed by atoms with van der Waals surface area (Å²) in [6.07, 6.45) is 1.65. The summed E-state index contributed by atoms with van der Waals surface area (Å²) in [5.74, 6) is 0.974. The van der Waals surface area contributed by atoms with Gasteiger partial charge in [0, 0.05) is 24.8 Å². The van der Waals surface area contributed by atoms with Gasteiger partial charge in [-0.15, -0.1) is 0 Å². The minimum Gasteiger partial charge on any atom is -0.352 e. The topological polar surface area (TPSA) is 58.1 Å². The van der Waals surface area contributed by atoms with Crippen molar-refractivity contribution in [1.82, 2.24) is 9.97 Å². The smallest absolute Gasteiger partial charge is 0.259 e. The van der Waals surface area contributed by atoms with E-state index in [-0.39, 0.29) is 11.9 Å². The quantitative estimate of drug-likeness (QED) is 0.796. The summed E-state index contributed by atoms with van der Waals surface area (Å²) in [7, 11) is 1.72. The number of carbonyl (C=O) groups is 1. The minimum absolute atomic E-state index is 0.102. The maximum Gasteiger partial charge on any atom is 0.259 e. The molecule has 0 aliphatic carbocycles. The fraction of sp³-hybridized carbons (Fsp3) is 0.211. The molecule has 0 unspecified atom stereocenters. The lowest BCUT2D eigenvalue weighted by atomic mass is 10.1. The molecule has 0 spiro atoms. The first-order valence-corrected chi connectivity index (χ1v) is 7.91. The highest BCUT2D eigenvalue weighted by molar-refractivity contribution is 6.07. The van der Waals surface area contributed by atoms with E-state index in [1.54, 1.807) is 19.3 Å².